The number of carbonyl (C=O) groups is 2. The third-order valence-electron chi connectivity index (χ3n) is 3.93. The first kappa shape index (κ1) is 19.1. The van der Waals surface area contributed by atoms with Gasteiger partial charge >= 0.3 is 0 Å². The maximum absolute atomic E-state index is 11.9. The van der Waals surface area contributed by atoms with Crippen LogP contribution in [0.1, 0.15) is 65.5 Å². The molecule has 2 rings (SSSR count). The molecule has 0 aliphatic heterocycles. The second kappa shape index (κ2) is 9.98. The molecule has 22 heavy (non-hydrogen) atoms. The summed E-state index contributed by atoms with van der Waals surface area (Å²) in [6, 6.07) is 2.27. The topological polar surface area (TPSA) is 58.2 Å². The quantitative estimate of drug-likeness (QED) is 0.472. The molecule has 0 atom stereocenters. The number of amides is 1. The third kappa shape index (κ3) is 6.07. The van der Waals surface area contributed by atoms with Gasteiger partial charge in [-0.2, -0.15) is 0 Å². The Bertz CT molecular complexity index is 482. The molecule has 0 radical (unpaired) electrons. The average molecular weight is 345 g/mol. The SMILES string of the molecule is CC(=O)c1csc(C(=O)NCCNC2CCCCCC2)c1.Cl. The molecule has 0 saturated heterocycles. The van der Waals surface area contributed by atoms with Gasteiger partial charge in [0.2, 0.25) is 0 Å². The van der Waals surface area contributed by atoms with Crippen LogP contribution in [0.25, 0.3) is 0 Å². The van der Waals surface area contributed by atoms with Gasteiger partial charge in [-0.25, -0.2) is 0 Å². The van der Waals surface area contributed by atoms with Gasteiger partial charge in [0, 0.05) is 30.1 Å². The van der Waals surface area contributed by atoms with E-state index < -0.39 is 0 Å². The molecule has 1 saturated carbocycles. The molecule has 1 aliphatic carbocycles. The lowest BCUT2D eigenvalue weighted by Gasteiger charge is -2.16. The van der Waals surface area contributed by atoms with E-state index >= 15 is 0 Å². The predicted molar refractivity (Wildman–Crippen MR) is 93.4 cm³/mol. The van der Waals surface area contributed by atoms with Gasteiger partial charge < -0.3 is 10.6 Å². The zero-order valence-electron chi connectivity index (χ0n) is 13.0. The van der Waals surface area contributed by atoms with Crippen molar-refractivity contribution in [2.75, 3.05) is 13.1 Å². The molecule has 0 aromatic carbocycles. The minimum Gasteiger partial charge on any atom is -0.350 e. The van der Waals surface area contributed by atoms with Crippen LogP contribution < -0.4 is 10.6 Å². The molecule has 0 spiro atoms. The van der Waals surface area contributed by atoms with Crippen molar-refractivity contribution in [2.45, 2.75) is 51.5 Å². The lowest BCUT2D eigenvalue weighted by Crippen LogP contribution is -2.36. The van der Waals surface area contributed by atoms with Crippen molar-refractivity contribution >= 4 is 35.4 Å². The number of hydrogen-bond acceptors (Lipinski definition) is 4. The van der Waals surface area contributed by atoms with E-state index in [1.54, 1.807) is 11.4 Å². The lowest BCUT2D eigenvalue weighted by molar-refractivity contribution is 0.0957. The van der Waals surface area contributed by atoms with Crippen LogP contribution in [0, 0.1) is 0 Å². The van der Waals surface area contributed by atoms with Gasteiger partial charge in [0.15, 0.2) is 5.78 Å². The van der Waals surface area contributed by atoms with Crippen LogP contribution in [-0.4, -0.2) is 30.8 Å². The van der Waals surface area contributed by atoms with Crippen molar-refractivity contribution in [3.63, 3.8) is 0 Å². The highest BCUT2D eigenvalue weighted by molar-refractivity contribution is 7.12. The van der Waals surface area contributed by atoms with Gasteiger partial charge in [0.25, 0.3) is 5.91 Å². The molecule has 2 N–H and O–H groups in total. The highest BCUT2D eigenvalue weighted by Gasteiger charge is 2.12. The Kier molecular flexibility index (Phi) is 8.68. The Hall–Kier alpha value is -0.910. The highest BCUT2D eigenvalue weighted by atomic mass is 35.5. The Morgan fingerprint density at radius 1 is 1.18 bits per heavy atom. The largest absolute Gasteiger partial charge is 0.350 e. The van der Waals surface area contributed by atoms with E-state index in [4.69, 9.17) is 0 Å². The van der Waals surface area contributed by atoms with E-state index in [-0.39, 0.29) is 24.1 Å². The van der Waals surface area contributed by atoms with Crippen molar-refractivity contribution in [1.82, 2.24) is 10.6 Å². The fourth-order valence-corrected chi connectivity index (χ4v) is 3.53. The second-order valence-corrected chi connectivity index (χ2v) is 6.57. The normalized spacial score (nSPS) is 15.7. The standard InChI is InChI=1S/C16H24N2O2S.ClH/c1-12(19)13-10-15(21-11-13)16(20)18-9-8-17-14-6-4-2-3-5-7-14;/h10-11,14,17H,2-9H2,1H3,(H,18,20);1H. The minimum absolute atomic E-state index is 0. The molecule has 0 unspecified atom stereocenters. The molecule has 1 aliphatic rings. The number of halogens is 1. The first-order chi connectivity index (χ1) is 10.2. The van der Waals surface area contributed by atoms with E-state index in [2.05, 4.69) is 10.6 Å². The molecule has 0 bridgehead atoms. The first-order valence-electron chi connectivity index (χ1n) is 7.78. The zero-order chi connectivity index (χ0) is 15.1. The summed E-state index contributed by atoms with van der Waals surface area (Å²) in [5, 5.41) is 8.17. The van der Waals surface area contributed by atoms with Crippen molar-refractivity contribution in [1.29, 1.82) is 0 Å². The summed E-state index contributed by atoms with van der Waals surface area (Å²) in [5.74, 6) is -0.0875. The monoisotopic (exact) mass is 344 g/mol. The number of carbonyl (C=O) groups excluding carboxylic acids is 2. The second-order valence-electron chi connectivity index (χ2n) is 5.65. The van der Waals surface area contributed by atoms with Crippen molar-refractivity contribution in [3.8, 4) is 0 Å². The van der Waals surface area contributed by atoms with Crippen LogP contribution in [-0.2, 0) is 0 Å². The van der Waals surface area contributed by atoms with E-state index in [0.29, 0.717) is 23.0 Å². The molecule has 1 amide bonds. The van der Waals surface area contributed by atoms with Gasteiger partial charge in [0.05, 0.1) is 4.88 Å². The van der Waals surface area contributed by atoms with Gasteiger partial charge in [-0.05, 0) is 25.8 Å². The fourth-order valence-electron chi connectivity index (χ4n) is 2.66. The smallest absolute Gasteiger partial charge is 0.261 e. The first-order valence-corrected chi connectivity index (χ1v) is 8.66. The third-order valence-corrected chi connectivity index (χ3v) is 4.86. The van der Waals surface area contributed by atoms with Crippen LogP contribution in [0.3, 0.4) is 0 Å². The van der Waals surface area contributed by atoms with E-state index in [9.17, 15) is 9.59 Å². The number of Topliss-reactive ketones (excluding diaryl/α,β-unsaturated/α-hetero) is 1. The molecule has 4 nitrogen and oxygen atoms in total. The maximum atomic E-state index is 11.9. The summed E-state index contributed by atoms with van der Waals surface area (Å²) in [5.41, 5.74) is 0.613. The van der Waals surface area contributed by atoms with Crippen LogP contribution in [0.4, 0.5) is 0 Å². The number of ketones is 1. The Morgan fingerprint density at radius 3 is 2.45 bits per heavy atom. The molecule has 124 valence electrons. The summed E-state index contributed by atoms with van der Waals surface area (Å²) in [6.45, 7) is 2.95. The highest BCUT2D eigenvalue weighted by Crippen LogP contribution is 2.17. The number of nitrogens with one attached hydrogen (secondary N) is 2. The van der Waals surface area contributed by atoms with Crippen LogP contribution in [0.5, 0.6) is 0 Å². The van der Waals surface area contributed by atoms with Gasteiger partial charge in [-0.3, -0.25) is 9.59 Å². The summed E-state index contributed by atoms with van der Waals surface area (Å²) >= 11 is 1.32. The van der Waals surface area contributed by atoms with E-state index in [0.717, 1.165) is 6.54 Å². The van der Waals surface area contributed by atoms with Crippen molar-refractivity contribution < 1.29 is 9.59 Å². The Morgan fingerprint density at radius 2 is 1.86 bits per heavy atom. The number of hydrogen-bond donors (Lipinski definition) is 2. The predicted octanol–water partition coefficient (Wildman–Crippen LogP) is 3.41. The van der Waals surface area contributed by atoms with Gasteiger partial charge in [-0.15, -0.1) is 23.7 Å². The summed E-state index contributed by atoms with van der Waals surface area (Å²) in [4.78, 5) is 23.8. The zero-order valence-corrected chi connectivity index (χ0v) is 14.7. The van der Waals surface area contributed by atoms with E-state index in [1.807, 2.05) is 0 Å². The summed E-state index contributed by atoms with van der Waals surface area (Å²) in [6.07, 6.45) is 7.83. The van der Waals surface area contributed by atoms with E-state index in [1.165, 1.54) is 56.8 Å². The molecule has 1 heterocycles. The maximum Gasteiger partial charge on any atom is 0.261 e. The van der Waals surface area contributed by atoms with Crippen LogP contribution in [0.15, 0.2) is 11.4 Å². The molecule has 1 aromatic rings. The van der Waals surface area contributed by atoms with Crippen LogP contribution in [0.2, 0.25) is 0 Å². The summed E-state index contributed by atoms with van der Waals surface area (Å²) < 4.78 is 0. The molecule has 1 aromatic heterocycles. The van der Waals surface area contributed by atoms with Gasteiger partial charge in [0.1, 0.15) is 0 Å². The van der Waals surface area contributed by atoms with Crippen LogP contribution >= 0.6 is 23.7 Å². The van der Waals surface area contributed by atoms with Gasteiger partial charge in [-0.1, -0.05) is 25.7 Å². The molecule has 1 fully saturated rings. The molecular weight excluding hydrogens is 320 g/mol. The molecule has 6 heteroatoms. The van der Waals surface area contributed by atoms with Crippen molar-refractivity contribution in [3.05, 3.63) is 21.9 Å². The summed E-state index contributed by atoms with van der Waals surface area (Å²) in [7, 11) is 0. The Labute approximate surface area is 142 Å². The number of thiophene rings is 1. The average Bonchev–Trinajstić information content (AvgIpc) is 2.82. The number of rotatable bonds is 6. The Balaban J connectivity index is 0.00000242. The lowest BCUT2D eigenvalue weighted by atomic mass is 10.1. The minimum atomic E-state index is -0.0878. The molecular formula is C16H25ClN2O2S. The fraction of sp³-hybridized carbons (Fsp3) is 0.625. The van der Waals surface area contributed by atoms with Crippen molar-refractivity contribution in [2.24, 2.45) is 0 Å².